The first-order chi connectivity index (χ1) is 8.76. The van der Waals surface area contributed by atoms with Crippen molar-refractivity contribution >= 4 is 11.6 Å². The van der Waals surface area contributed by atoms with Crippen LogP contribution in [0.3, 0.4) is 0 Å². The molecule has 0 bridgehead atoms. The number of hydrogen-bond acceptors (Lipinski definition) is 4. The third-order valence-corrected chi connectivity index (χ3v) is 3.06. The zero-order valence-electron chi connectivity index (χ0n) is 11.3. The van der Waals surface area contributed by atoms with Gasteiger partial charge in [-0.15, -0.1) is 0 Å². The minimum atomic E-state index is -0.954. The van der Waals surface area contributed by atoms with Gasteiger partial charge < -0.3 is 10.4 Å². The summed E-state index contributed by atoms with van der Waals surface area (Å²) in [6.07, 6.45) is 0.520. The Balaban J connectivity index is 2.81. The molecule has 0 aliphatic carbocycles. The Morgan fingerprint density at radius 1 is 1.53 bits per heavy atom. The standard InChI is InChI=1S/C13H18N2O4/c1-4-13(3,17)8-14-12(16)11-6-5-10(15(18)19)7-9(11)2/h5-7,17H,4,8H2,1-3H3,(H,14,16). The van der Waals surface area contributed by atoms with E-state index in [0.29, 0.717) is 17.5 Å². The molecule has 1 unspecified atom stereocenters. The highest BCUT2D eigenvalue weighted by atomic mass is 16.6. The van der Waals surface area contributed by atoms with Gasteiger partial charge in [0.15, 0.2) is 0 Å². The van der Waals surface area contributed by atoms with Crippen molar-refractivity contribution < 1.29 is 14.8 Å². The summed E-state index contributed by atoms with van der Waals surface area (Å²) in [7, 11) is 0. The van der Waals surface area contributed by atoms with Crippen LogP contribution in [0.15, 0.2) is 18.2 Å². The first-order valence-corrected chi connectivity index (χ1v) is 6.02. The molecule has 1 aromatic rings. The average molecular weight is 266 g/mol. The summed E-state index contributed by atoms with van der Waals surface area (Å²) in [6.45, 7) is 5.23. The van der Waals surface area contributed by atoms with E-state index < -0.39 is 10.5 Å². The Bertz CT molecular complexity index is 497. The lowest BCUT2D eigenvalue weighted by atomic mass is 10.0. The summed E-state index contributed by atoms with van der Waals surface area (Å²) in [4.78, 5) is 22.0. The minimum absolute atomic E-state index is 0.0467. The van der Waals surface area contributed by atoms with E-state index in [1.54, 1.807) is 13.8 Å². The molecule has 0 saturated carbocycles. The molecule has 0 heterocycles. The van der Waals surface area contributed by atoms with Crippen molar-refractivity contribution in [3.8, 4) is 0 Å². The van der Waals surface area contributed by atoms with E-state index in [1.807, 2.05) is 6.92 Å². The monoisotopic (exact) mass is 266 g/mol. The molecule has 0 saturated heterocycles. The van der Waals surface area contributed by atoms with Gasteiger partial charge in [0.05, 0.1) is 10.5 Å². The summed E-state index contributed by atoms with van der Waals surface area (Å²) in [5, 5.41) is 23.0. The van der Waals surface area contributed by atoms with Crippen LogP contribution in [-0.2, 0) is 0 Å². The predicted octanol–water partition coefficient (Wildman–Crippen LogP) is 1.79. The van der Waals surface area contributed by atoms with Crippen molar-refractivity contribution in [2.24, 2.45) is 0 Å². The van der Waals surface area contributed by atoms with E-state index >= 15 is 0 Å². The maximum absolute atomic E-state index is 11.9. The number of nitro groups is 1. The van der Waals surface area contributed by atoms with E-state index in [-0.39, 0.29) is 18.1 Å². The molecule has 0 fully saturated rings. The normalized spacial score (nSPS) is 13.7. The maximum atomic E-state index is 11.9. The Kier molecular flexibility index (Phi) is 4.61. The van der Waals surface area contributed by atoms with Crippen LogP contribution >= 0.6 is 0 Å². The molecular formula is C13H18N2O4. The van der Waals surface area contributed by atoms with Gasteiger partial charge in [0.2, 0.25) is 0 Å². The zero-order valence-corrected chi connectivity index (χ0v) is 11.3. The first kappa shape index (κ1) is 15.1. The molecule has 0 spiro atoms. The number of carbonyl (C=O) groups excluding carboxylic acids is 1. The van der Waals surface area contributed by atoms with Crippen molar-refractivity contribution in [3.63, 3.8) is 0 Å². The second kappa shape index (κ2) is 5.79. The lowest BCUT2D eigenvalue weighted by Crippen LogP contribution is -2.40. The van der Waals surface area contributed by atoms with Crippen LogP contribution in [0.1, 0.15) is 36.2 Å². The fraction of sp³-hybridized carbons (Fsp3) is 0.462. The van der Waals surface area contributed by atoms with Gasteiger partial charge in [-0.2, -0.15) is 0 Å². The topological polar surface area (TPSA) is 92.5 Å². The summed E-state index contributed by atoms with van der Waals surface area (Å²) >= 11 is 0. The number of aliphatic hydroxyl groups is 1. The van der Waals surface area contributed by atoms with E-state index in [1.165, 1.54) is 18.2 Å². The number of aryl methyl sites for hydroxylation is 1. The zero-order chi connectivity index (χ0) is 14.6. The molecule has 1 atom stereocenters. The van der Waals surface area contributed by atoms with Gasteiger partial charge in [0, 0.05) is 24.2 Å². The van der Waals surface area contributed by atoms with Crippen molar-refractivity contribution in [2.75, 3.05) is 6.54 Å². The molecule has 1 amide bonds. The number of hydrogen-bond donors (Lipinski definition) is 2. The molecule has 104 valence electrons. The van der Waals surface area contributed by atoms with Crippen molar-refractivity contribution in [2.45, 2.75) is 32.8 Å². The highest BCUT2D eigenvalue weighted by molar-refractivity contribution is 5.95. The molecule has 1 aromatic carbocycles. The van der Waals surface area contributed by atoms with Gasteiger partial charge in [-0.3, -0.25) is 14.9 Å². The lowest BCUT2D eigenvalue weighted by Gasteiger charge is -2.21. The molecule has 1 rings (SSSR count). The summed E-state index contributed by atoms with van der Waals surface area (Å²) < 4.78 is 0. The van der Waals surface area contributed by atoms with E-state index in [9.17, 15) is 20.0 Å². The number of benzene rings is 1. The van der Waals surface area contributed by atoms with Crippen LogP contribution in [0.4, 0.5) is 5.69 Å². The van der Waals surface area contributed by atoms with Gasteiger partial charge in [0.1, 0.15) is 0 Å². The van der Waals surface area contributed by atoms with E-state index in [2.05, 4.69) is 5.32 Å². The van der Waals surface area contributed by atoms with Crippen molar-refractivity contribution in [3.05, 3.63) is 39.4 Å². The second-order valence-corrected chi connectivity index (χ2v) is 4.79. The third kappa shape index (κ3) is 4.03. The Morgan fingerprint density at radius 2 is 2.16 bits per heavy atom. The van der Waals surface area contributed by atoms with Crippen molar-refractivity contribution in [1.29, 1.82) is 0 Å². The van der Waals surface area contributed by atoms with Crippen LogP contribution in [0.2, 0.25) is 0 Å². The molecule has 2 N–H and O–H groups in total. The van der Waals surface area contributed by atoms with Crippen LogP contribution in [0.25, 0.3) is 0 Å². The van der Waals surface area contributed by atoms with Crippen LogP contribution in [-0.4, -0.2) is 28.1 Å². The number of nitro benzene ring substituents is 1. The number of non-ortho nitro benzene ring substituents is 1. The molecule has 0 aliphatic rings. The molecule has 0 aliphatic heterocycles. The Morgan fingerprint density at radius 3 is 2.63 bits per heavy atom. The maximum Gasteiger partial charge on any atom is 0.269 e. The smallest absolute Gasteiger partial charge is 0.269 e. The number of amides is 1. The molecular weight excluding hydrogens is 248 g/mol. The number of carbonyl (C=O) groups is 1. The minimum Gasteiger partial charge on any atom is -0.388 e. The first-order valence-electron chi connectivity index (χ1n) is 6.02. The number of rotatable bonds is 5. The lowest BCUT2D eigenvalue weighted by molar-refractivity contribution is -0.384. The largest absolute Gasteiger partial charge is 0.388 e. The molecule has 6 nitrogen and oxygen atoms in total. The van der Waals surface area contributed by atoms with Crippen LogP contribution in [0, 0.1) is 17.0 Å². The molecule has 0 aromatic heterocycles. The van der Waals surface area contributed by atoms with E-state index in [4.69, 9.17) is 0 Å². The quantitative estimate of drug-likeness (QED) is 0.627. The highest BCUT2D eigenvalue weighted by Gasteiger charge is 2.20. The van der Waals surface area contributed by atoms with Gasteiger partial charge >= 0.3 is 0 Å². The van der Waals surface area contributed by atoms with Crippen LogP contribution in [0.5, 0.6) is 0 Å². The van der Waals surface area contributed by atoms with E-state index in [0.717, 1.165) is 0 Å². The van der Waals surface area contributed by atoms with Gasteiger partial charge in [-0.25, -0.2) is 0 Å². The highest BCUT2D eigenvalue weighted by Crippen LogP contribution is 2.17. The molecule has 19 heavy (non-hydrogen) atoms. The Labute approximate surface area is 111 Å². The average Bonchev–Trinajstić information content (AvgIpc) is 2.36. The summed E-state index contributed by atoms with van der Waals surface area (Å²) in [5.74, 6) is -0.346. The third-order valence-electron chi connectivity index (χ3n) is 3.06. The fourth-order valence-corrected chi connectivity index (χ4v) is 1.51. The molecule has 6 heteroatoms. The van der Waals surface area contributed by atoms with Crippen molar-refractivity contribution in [1.82, 2.24) is 5.32 Å². The second-order valence-electron chi connectivity index (χ2n) is 4.79. The SMILES string of the molecule is CCC(C)(O)CNC(=O)c1ccc([N+](=O)[O-])cc1C. The van der Waals surface area contributed by atoms with Gasteiger partial charge in [-0.1, -0.05) is 6.92 Å². The Hall–Kier alpha value is -1.95. The predicted molar refractivity (Wildman–Crippen MR) is 71.1 cm³/mol. The van der Waals surface area contributed by atoms with Crippen LogP contribution < -0.4 is 5.32 Å². The summed E-state index contributed by atoms with van der Waals surface area (Å²) in [6, 6.07) is 4.07. The summed E-state index contributed by atoms with van der Waals surface area (Å²) in [5.41, 5.74) is -0.0976. The van der Waals surface area contributed by atoms with Gasteiger partial charge in [0.25, 0.3) is 11.6 Å². The number of nitrogens with zero attached hydrogens (tertiary/aromatic N) is 1. The number of nitrogens with one attached hydrogen (secondary N) is 1. The van der Waals surface area contributed by atoms with Gasteiger partial charge in [-0.05, 0) is 31.9 Å². The molecule has 0 radical (unpaired) electrons. The fourth-order valence-electron chi connectivity index (χ4n) is 1.51.